The second-order valence-electron chi connectivity index (χ2n) is 6.19. The molecule has 1 aromatic rings. The molecule has 116 valence electrons. The van der Waals surface area contributed by atoms with E-state index in [-0.39, 0.29) is 17.3 Å². The molecule has 0 atom stereocenters. The van der Waals surface area contributed by atoms with E-state index < -0.39 is 0 Å². The van der Waals surface area contributed by atoms with E-state index in [0.29, 0.717) is 11.3 Å². The summed E-state index contributed by atoms with van der Waals surface area (Å²) in [6, 6.07) is 1.84. The molecule has 0 aromatic carbocycles. The van der Waals surface area contributed by atoms with Gasteiger partial charge in [-0.15, -0.1) is 0 Å². The van der Waals surface area contributed by atoms with E-state index in [1.54, 1.807) is 12.4 Å². The second kappa shape index (κ2) is 7.03. The molecule has 1 fully saturated rings. The van der Waals surface area contributed by atoms with Gasteiger partial charge in [0.25, 0.3) is 0 Å². The van der Waals surface area contributed by atoms with Gasteiger partial charge in [-0.3, -0.25) is 9.78 Å². The van der Waals surface area contributed by atoms with Crippen molar-refractivity contribution in [2.45, 2.75) is 52.6 Å². The Hall–Kier alpha value is -1.42. The molecule has 1 aliphatic heterocycles. The fraction of sp³-hybridized carbons (Fsp3) is 0.647. The van der Waals surface area contributed by atoms with Crippen LogP contribution in [-0.4, -0.2) is 30.0 Å². The van der Waals surface area contributed by atoms with Crippen molar-refractivity contribution in [2.75, 3.05) is 13.1 Å². The summed E-state index contributed by atoms with van der Waals surface area (Å²) in [7, 11) is 0. The first-order valence-electron chi connectivity index (χ1n) is 7.94. The van der Waals surface area contributed by atoms with Crippen molar-refractivity contribution in [3.05, 3.63) is 24.0 Å². The molecule has 1 saturated heterocycles. The molecule has 4 heteroatoms. The highest BCUT2D eigenvalue weighted by Gasteiger charge is 2.39. The molecule has 0 spiro atoms. The number of ether oxygens (including phenoxy) is 1. The van der Waals surface area contributed by atoms with Crippen LogP contribution in [0.3, 0.4) is 0 Å². The Labute approximate surface area is 127 Å². The van der Waals surface area contributed by atoms with Gasteiger partial charge in [0.2, 0.25) is 0 Å². The normalized spacial score (nSPS) is 17.7. The van der Waals surface area contributed by atoms with Crippen LogP contribution >= 0.6 is 0 Å². The number of Topliss-reactive ketones (excluding diaryl/α,β-unsaturated/α-hetero) is 1. The average Bonchev–Trinajstić information content (AvgIpc) is 2.47. The molecule has 0 unspecified atom stereocenters. The first kappa shape index (κ1) is 16.0. The lowest BCUT2D eigenvalue weighted by Crippen LogP contribution is -2.42. The zero-order valence-corrected chi connectivity index (χ0v) is 13.3. The van der Waals surface area contributed by atoms with Crippen molar-refractivity contribution in [1.29, 1.82) is 0 Å². The number of nitrogens with one attached hydrogen (secondary N) is 1. The Morgan fingerprint density at radius 3 is 2.71 bits per heavy atom. The highest BCUT2D eigenvalue weighted by atomic mass is 16.5. The molecule has 0 bridgehead atoms. The second-order valence-corrected chi connectivity index (χ2v) is 6.19. The van der Waals surface area contributed by atoms with Gasteiger partial charge in [-0.1, -0.05) is 13.3 Å². The highest BCUT2D eigenvalue weighted by molar-refractivity contribution is 6.00. The largest absolute Gasteiger partial charge is 0.489 e. The van der Waals surface area contributed by atoms with Crippen LogP contribution in [-0.2, 0) is 0 Å². The van der Waals surface area contributed by atoms with E-state index in [0.717, 1.165) is 38.8 Å². The van der Waals surface area contributed by atoms with Crippen molar-refractivity contribution in [3.8, 4) is 5.75 Å². The number of pyridine rings is 1. The maximum Gasteiger partial charge on any atom is 0.170 e. The summed E-state index contributed by atoms with van der Waals surface area (Å²) in [5.41, 5.74) is 0.460. The Morgan fingerprint density at radius 1 is 1.38 bits per heavy atom. The summed E-state index contributed by atoms with van der Waals surface area (Å²) in [5, 5.41) is 3.35. The number of aromatic nitrogens is 1. The molecule has 1 aliphatic rings. The fourth-order valence-electron chi connectivity index (χ4n) is 3.16. The lowest BCUT2D eigenvalue weighted by molar-refractivity contribution is 0.0703. The fourth-order valence-corrected chi connectivity index (χ4v) is 3.16. The topological polar surface area (TPSA) is 51.2 Å². The Balaban J connectivity index is 2.24. The standard InChI is InChI=1S/C17H26N2O2/c1-4-5-17(6-8-18-9-7-17)16(20)14-10-15(12-19-11-14)21-13(2)3/h10-13,18H,4-9H2,1-3H3. The SMILES string of the molecule is CCCC1(C(=O)c2cncc(OC(C)C)c2)CCNCC1. The minimum atomic E-state index is -0.224. The van der Waals surface area contributed by atoms with E-state index in [1.165, 1.54) is 0 Å². The first-order valence-corrected chi connectivity index (χ1v) is 7.94. The van der Waals surface area contributed by atoms with Crippen LogP contribution in [0.15, 0.2) is 18.5 Å². The highest BCUT2D eigenvalue weighted by Crippen LogP contribution is 2.37. The maximum atomic E-state index is 13.0. The molecule has 2 rings (SSSR count). The number of carbonyl (C=O) groups excluding carboxylic acids is 1. The quantitative estimate of drug-likeness (QED) is 0.817. The minimum absolute atomic E-state index is 0.0839. The van der Waals surface area contributed by atoms with E-state index in [1.807, 2.05) is 19.9 Å². The smallest absolute Gasteiger partial charge is 0.170 e. The molecule has 0 amide bonds. The van der Waals surface area contributed by atoms with Gasteiger partial charge in [-0.2, -0.15) is 0 Å². The molecular weight excluding hydrogens is 264 g/mol. The van der Waals surface area contributed by atoms with Gasteiger partial charge in [0.1, 0.15) is 5.75 Å². The van der Waals surface area contributed by atoms with E-state index in [2.05, 4.69) is 17.2 Å². The number of carbonyl (C=O) groups is 1. The van der Waals surface area contributed by atoms with Crippen molar-refractivity contribution >= 4 is 5.78 Å². The third kappa shape index (κ3) is 3.82. The Morgan fingerprint density at radius 2 is 2.10 bits per heavy atom. The minimum Gasteiger partial charge on any atom is -0.489 e. The molecule has 4 nitrogen and oxygen atoms in total. The van der Waals surface area contributed by atoms with Crippen LogP contribution in [0, 0.1) is 5.41 Å². The van der Waals surface area contributed by atoms with Crippen LogP contribution in [0.25, 0.3) is 0 Å². The van der Waals surface area contributed by atoms with Gasteiger partial charge in [0.15, 0.2) is 5.78 Å². The van der Waals surface area contributed by atoms with Gasteiger partial charge in [-0.25, -0.2) is 0 Å². The molecule has 2 heterocycles. The van der Waals surface area contributed by atoms with Gasteiger partial charge in [-0.05, 0) is 52.3 Å². The number of hydrogen-bond acceptors (Lipinski definition) is 4. The van der Waals surface area contributed by atoms with Gasteiger partial charge in [0, 0.05) is 17.2 Å². The van der Waals surface area contributed by atoms with Gasteiger partial charge < -0.3 is 10.1 Å². The van der Waals surface area contributed by atoms with Crippen LogP contribution in [0.2, 0.25) is 0 Å². The number of rotatable bonds is 6. The first-order chi connectivity index (χ1) is 10.1. The van der Waals surface area contributed by atoms with E-state index >= 15 is 0 Å². The number of ketones is 1. The summed E-state index contributed by atoms with van der Waals surface area (Å²) in [6.45, 7) is 7.93. The Kier molecular flexibility index (Phi) is 5.34. The van der Waals surface area contributed by atoms with Crippen molar-refractivity contribution in [1.82, 2.24) is 10.3 Å². The number of hydrogen-bond donors (Lipinski definition) is 1. The molecule has 0 radical (unpaired) electrons. The summed E-state index contributed by atoms with van der Waals surface area (Å²) in [5.74, 6) is 0.906. The van der Waals surface area contributed by atoms with Crippen LogP contribution < -0.4 is 10.1 Å². The van der Waals surface area contributed by atoms with Crippen LogP contribution in [0.4, 0.5) is 0 Å². The monoisotopic (exact) mass is 290 g/mol. The summed E-state index contributed by atoms with van der Waals surface area (Å²) in [6.07, 6.45) is 7.23. The van der Waals surface area contributed by atoms with Crippen LogP contribution in [0.1, 0.15) is 56.8 Å². The van der Waals surface area contributed by atoms with E-state index in [4.69, 9.17) is 4.74 Å². The molecule has 0 aliphatic carbocycles. The zero-order chi connectivity index (χ0) is 15.3. The predicted molar refractivity (Wildman–Crippen MR) is 83.8 cm³/mol. The van der Waals surface area contributed by atoms with Crippen molar-refractivity contribution in [3.63, 3.8) is 0 Å². The third-order valence-corrected chi connectivity index (χ3v) is 4.12. The van der Waals surface area contributed by atoms with E-state index in [9.17, 15) is 4.79 Å². The summed E-state index contributed by atoms with van der Waals surface area (Å²) in [4.78, 5) is 17.2. The molecule has 1 N–H and O–H groups in total. The van der Waals surface area contributed by atoms with Crippen molar-refractivity contribution < 1.29 is 9.53 Å². The summed E-state index contributed by atoms with van der Waals surface area (Å²) >= 11 is 0. The zero-order valence-electron chi connectivity index (χ0n) is 13.3. The average molecular weight is 290 g/mol. The lowest BCUT2D eigenvalue weighted by atomic mass is 9.70. The van der Waals surface area contributed by atoms with Gasteiger partial charge >= 0.3 is 0 Å². The Bertz CT molecular complexity index is 474. The molecule has 0 saturated carbocycles. The third-order valence-electron chi connectivity index (χ3n) is 4.12. The van der Waals surface area contributed by atoms with Crippen LogP contribution in [0.5, 0.6) is 5.75 Å². The maximum absolute atomic E-state index is 13.0. The summed E-state index contributed by atoms with van der Waals surface area (Å²) < 4.78 is 5.66. The predicted octanol–water partition coefficient (Wildman–Crippen LogP) is 3.22. The van der Waals surface area contributed by atoms with Crippen molar-refractivity contribution in [2.24, 2.45) is 5.41 Å². The molecule has 1 aromatic heterocycles. The van der Waals surface area contributed by atoms with Gasteiger partial charge in [0.05, 0.1) is 12.3 Å². The molecule has 21 heavy (non-hydrogen) atoms. The number of piperidine rings is 1. The lowest BCUT2D eigenvalue weighted by Gasteiger charge is -2.36. The molecular formula is C17H26N2O2. The number of nitrogens with zero attached hydrogens (tertiary/aromatic N) is 1.